The van der Waals surface area contributed by atoms with Crippen molar-refractivity contribution in [3.63, 3.8) is 0 Å². The molecule has 0 bridgehead atoms. The molecule has 4 nitrogen and oxygen atoms in total. The molecule has 1 aromatic heterocycles. The number of H-pyrrole nitrogens is 1. The molecular formula is C16H20N2O2S. The van der Waals surface area contributed by atoms with Gasteiger partial charge >= 0.3 is 0 Å². The molecule has 0 atom stereocenters. The van der Waals surface area contributed by atoms with Gasteiger partial charge in [0.15, 0.2) is 5.16 Å². The van der Waals surface area contributed by atoms with Crippen molar-refractivity contribution in [2.75, 3.05) is 12.4 Å². The van der Waals surface area contributed by atoms with E-state index in [-0.39, 0.29) is 5.56 Å². The Hall–Kier alpha value is -1.75. The van der Waals surface area contributed by atoms with Crippen LogP contribution in [-0.4, -0.2) is 22.3 Å². The van der Waals surface area contributed by atoms with E-state index in [1.807, 2.05) is 45.0 Å². The van der Waals surface area contributed by atoms with Crippen LogP contribution in [0.3, 0.4) is 0 Å². The maximum atomic E-state index is 12.1. The van der Waals surface area contributed by atoms with Crippen molar-refractivity contribution >= 4 is 11.8 Å². The molecule has 0 radical (unpaired) electrons. The lowest BCUT2D eigenvalue weighted by molar-refractivity contribution is 0.318. The molecule has 0 aliphatic rings. The fourth-order valence-electron chi connectivity index (χ4n) is 2.07. The van der Waals surface area contributed by atoms with Crippen molar-refractivity contribution in [1.82, 2.24) is 9.97 Å². The Kier molecular flexibility index (Phi) is 5.44. The smallest absolute Gasteiger partial charge is 0.255 e. The summed E-state index contributed by atoms with van der Waals surface area (Å²) in [6, 6.07) is 7.86. The minimum absolute atomic E-state index is 0.0631. The number of para-hydroxylation sites is 1. The summed E-state index contributed by atoms with van der Waals surface area (Å²) < 4.78 is 5.74. The van der Waals surface area contributed by atoms with Crippen molar-refractivity contribution < 1.29 is 4.74 Å². The van der Waals surface area contributed by atoms with E-state index in [1.54, 1.807) is 0 Å². The second-order valence-corrected chi connectivity index (χ2v) is 5.98. The zero-order chi connectivity index (χ0) is 15.2. The fraction of sp³-hybridized carbons (Fsp3) is 0.375. The van der Waals surface area contributed by atoms with Crippen LogP contribution >= 0.6 is 11.8 Å². The summed E-state index contributed by atoms with van der Waals surface area (Å²) in [7, 11) is 0. The Morgan fingerprint density at radius 3 is 2.71 bits per heavy atom. The van der Waals surface area contributed by atoms with Crippen LogP contribution in [0.4, 0.5) is 0 Å². The molecule has 2 rings (SSSR count). The SMILES string of the molecule is CCSc1nc(C)c(CCOc2ccccc2C)c(=O)[nH]1. The summed E-state index contributed by atoms with van der Waals surface area (Å²) in [6.07, 6.45) is 0.555. The highest BCUT2D eigenvalue weighted by molar-refractivity contribution is 7.99. The molecule has 2 aromatic rings. The minimum atomic E-state index is -0.0631. The number of nitrogens with zero attached hydrogens (tertiary/aromatic N) is 1. The average Bonchev–Trinajstić information content (AvgIpc) is 2.44. The summed E-state index contributed by atoms with van der Waals surface area (Å²) in [5, 5.41) is 0.684. The normalized spacial score (nSPS) is 10.6. The lowest BCUT2D eigenvalue weighted by Crippen LogP contribution is -2.19. The second kappa shape index (κ2) is 7.31. The number of nitrogens with one attached hydrogen (secondary N) is 1. The molecule has 0 amide bonds. The Morgan fingerprint density at radius 1 is 1.29 bits per heavy atom. The third-order valence-corrected chi connectivity index (χ3v) is 3.94. The summed E-state index contributed by atoms with van der Waals surface area (Å²) in [5.74, 6) is 1.75. The number of aromatic amines is 1. The van der Waals surface area contributed by atoms with Gasteiger partial charge in [-0.2, -0.15) is 0 Å². The van der Waals surface area contributed by atoms with Gasteiger partial charge in [0.25, 0.3) is 5.56 Å². The third-order valence-electron chi connectivity index (χ3n) is 3.18. The first-order valence-corrected chi connectivity index (χ1v) is 8.01. The maximum absolute atomic E-state index is 12.1. The molecule has 0 spiro atoms. The molecule has 0 unspecified atom stereocenters. The van der Waals surface area contributed by atoms with Crippen LogP contribution in [0.2, 0.25) is 0 Å². The third kappa shape index (κ3) is 4.11. The van der Waals surface area contributed by atoms with Crippen molar-refractivity contribution in [3.8, 4) is 5.75 Å². The molecule has 0 saturated heterocycles. The van der Waals surface area contributed by atoms with Crippen molar-refractivity contribution in [2.45, 2.75) is 32.3 Å². The van der Waals surface area contributed by atoms with E-state index in [0.29, 0.717) is 23.7 Å². The number of aromatic nitrogens is 2. The zero-order valence-corrected chi connectivity index (χ0v) is 13.4. The number of ether oxygens (including phenoxy) is 1. The molecule has 1 N–H and O–H groups in total. The summed E-state index contributed by atoms with van der Waals surface area (Å²) in [4.78, 5) is 19.3. The standard InChI is InChI=1S/C16H20N2O2S/c1-4-21-16-17-12(3)13(15(19)18-16)9-10-20-14-8-6-5-7-11(14)2/h5-8H,4,9-10H2,1-3H3,(H,17,18,19). The number of benzene rings is 1. The topological polar surface area (TPSA) is 55.0 Å². The lowest BCUT2D eigenvalue weighted by Gasteiger charge is -2.10. The molecule has 5 heteroatoms. The highest BCUT2D eigenvalue weighted by Gasteiger charge is 2.09. The second-order valence-electron chi connectivity index (χ2n) is 4.73. The largest absolute Gasteiger partial charge is 0.493 e. The molecular weight excluding hydrogens is 284 g/mol. The first-order chi connectivity index (χ1) is 10.1. The summed E-state index contributed by atoms with van der Waals surface area (Å²) in [5.41, 5.74) is 2.51. The fourth-order valence-corrected chi connectivity index (χ4v) is 2.71. The van der Waals surface area contributed by atoms with E-state index in [2.05, 4.69) is 9.97 Å². The highest BCUT2D eigenvalue weighted by atomic mass is 32.2. The number of hydrogen-bond donors (Lipinski definition) is 1. The monoisotopic (exact) mass is 304 g/mol. The van der Waals surface area contributed by atoms with Gasteiger partial charge in [0.2, 0.25) is 0 Å². The first kappa shape index (κ1) is 15.6. The summed E-state index contributed by atoms with van der Waals surface area (Å²) >= 11 is 1.54. The molecule has 0 aliphatic heterocycles. The number of thioether (sulfide) groups is 1. The maximum Gasteiger partial charge on any atom is 0.255 e. The van der Waals surface area contributed by atoms with E-state index in [0.717, 1.165) is 22.8 Å². The van der Waals surface area contributed by atoms with Crippen molar-refractivity contribution in [1.29, 1.82) is 0 Å². The lowest BCUT2D eigenvalue weighted by atomic mass is 10.2. The zero-order valence-electron chi connectivity index (χ0n) is 12.6. The Bertz CT molecular complexity index is 668. The molecule has 0 fully saturated rings. The first-order valence-electron chi connectivity index (χ1n) is 7.02. The number of rotatable bonds is 6. The van der Waals surface area contributed by atoms with Gasteiger partial charge in [-0.15, -0.1) is 0 Å². The Labute approximate surface area is 129 Å². The molecule has 0 aliphatic carbocycles. The Morgan fingerprint density at radius 2 is 2.05 bits per heavy atom. The molecule has 112 valence electrons. The predicted molar refractivity (Wildman–Crippen MR) is 86.4 cm³/mol. The predicted octanol–water partition coefficient (Wildman–Crippen LogP) is 3.12. The molecule has 0 saturated carbocycles. The van der Waals surface area contributed by atoms with Crippen LogP contribution < -0.4 is 10.3 Å². The van der Waals surface area contributed by atoms with Gasteiger partial charge in [-0.3, -0.25) is 4.79 Å². The van der Waals surface area contributed by atoms with Crippen LogP contribution in [0.1, 0.15) is 23.7 Å². The van der Waals surface area contributed by atoms with E-state index < -0.39 is 0 Å². The van der Waals surface area contributed by atoms with E-state index in [9.17, 15) is 4.79 Å². The van der Waals surface area contributed by atoms with Gasteiger partial charge in [-0.05, 0) is 31.2 Å². The van der Waals surface area contributed by atoms with E-state index in [4.69, 9.17) is 4.74 Å². The number of aryl methyl sites for hydroxylation is 2. The van der Waals surface area contributed by atoms with E-state index >= 15 is 0 Å². The van der Waals surface area contributed by atoms with Gasteiger partial charge < -0.3 is 9.72 Å². The molecule has 21 heavy (non-hydrogen) atoms. The quantitative estimate of drug-likeness (QED) is 0.658. The van der Waals surface area contributed by atoms with Crippen molar-refractivity contribution in [3.05, 3.63) is 51.4 Å². The van der Waals surface area contributed by atoms with Gasteiger partial charge in [-0.25, -0.2) is 4.98 Å². The van der Waals surface area contributed by atoms with Crippen LogP contribution in [0.25, 0.3) is 0 Å². The minimum Gasteiger partial charge on any atom is -0.493 e. The van der Waals surface area contributed by atoms with Gasteiger partial charge in [-0.1, -0.05) is 36.9 Å². The van der Waals surface area contributed by atoms with Crippen LogP contribution in [-0.2, 0) is 6.42 Å². The van der Waals surface area contributed by atoms with E-state index in [1.165, 1.54) is 11.8 Å². The van der Waals surface area contributed by atoms with Gasteiger partial charge in [0, 0.05) is 17.7 Å². The molecule has 1 aromatic carbocycles. The van der Waals surface area contributed by atoms with Gasteiger partial charge in [0.05, 0.1) is 6.61 Å². The number of hydrogen-bond acceptors (Lipinski definition) is 4. The van der Waals surface area contributed by atoms with Crippen LogP contribution in [0, 0.1) is 13.8 Å². The average molecular weight is 304 g/mol. The van der Waals surface area contributed by atoms with Gasteiger partial charge in [0.1, 0.15) is 5.75 Å². The summed E-state index contributed by atoms with van der Waals surface area (Å²) in [6.45, 7) is 6.38. The van der Waals surface area contributed by atoms with Crippen molar-refractivity contribution in [2.24, 2.45) is 0 Å². The Balaban J connectivity index is 2.04. The molecule has 1 heterocycles. The highest BCUT2D eigenvalue weighted by Crippen LogP contribution is 2.17. The van der Waals surface area contributed by atoms with Crippen LogP contribution in [0.15, 0.2) is 34.2 Å². The van der Waals surface area contributed by atoms with Crippen LogP contribution in [0.5, 0.6) is 5.75 Å².